The van der Waals surface area contributed by atoms with Gasteiger partial charge in [-0.05, 0) is 104 Å². The highest BCUT2D eigenvalue weighted by molar-refractivity contribution is 7.02. The third kappa shape index (κ3) is 4.11. The van der Waals surface area contributed by atoms with Crippen molar-refractivity contribution >= 4 is 80.6 Å². The van der Waals surface area contributed by atoms with Gasteiger partial charge in [0, 0.05) is 22.7 Å². The second-order valence-corrected chi connectivity index (χ2v) is 15.1. The fourth-order valence-electron chi connectivity index (χ4n) is 8.74. The summed E-state index contributed by atoms with van der Waals surface area (Å²) in [7, 11) is 0. The van der Waals surface area contributed by atoms with Crippen LogP contribution in [0.2, 0.25) is 0 Å². The summed E-state index contributed by atoms with van der Waals surface area (Å²) >= 11 is 0. The van der Waals surface area contributed by atoms with Gasteiger partial charge in [-0.1, -0.05) is 106 Å². The van der Waals surface area contributed by atoms with Gasteiger partial charge in [0.05, 0.1) is 0 Å². The molecule has 4 aliphatic heterocycles. The van der Waals surface area contributed by atoms with E-state index in [0.717, 1.165) is 79.2 Å². The predicted molar refractivity (Wildman–Crippen MR) is 215 cm³/mol. The van der Waals surface area contributed by atoms with Crippen LogP contribution in [0.25, 0.3) is 0 Å². The van der Waals surface area contributed by atoms with Crippen molar-refractivity contribution in [2.24, 2.45) is 0 Å². The highest BCUT2D eigenvalue weighted by atomic mass is 16.5. The van der Waals surface area contributed by atoms with Crippen LogP contribution in [0.3, 0.4) is 0 Å². The SMILES string of the molecule is CC(C)(C)c1cc2c3c(c1)N(c1ccccc1)c1nc4c(cc1B3c1ccccc1O2)B1c2ccccc2Oc2cccc(c21)N4c1ccccc1. The highest BCUT2D eigenvalue weighted by Gasteiger charge is 2.48. The average Bonchev–Trinajstić information content (AvgIpc) is 3.17. The van der Waals surface area contributed by atoms with E-state index in [9.17, 15) is 0 Å². The van der Waals surface area contributed by atoms with Crippen LogP contribution >= 0.6 is 0 Å². The van der Waals surface area contributed by atoms with Crippen molar-refractivity contribution in [1.82, 2.24) is 4.98 Å². The van der Waals surface area contributed by atoms with Crippen LogP contribution in [0, 0.1) is 0 Å². The third-order valence-electron chi connectivity index (χ3n) is 11.1. The fraction of sp³-hybridized carbons (Fsp3) is 0.0889. The molecule has 0 amide bonds. The molecule has 52 heavy (non-hydrogen) atoms. The number of hydrogen-bond donors (Lipinski definition) is 0. The summed E-state index contributed by atoms with van der Waals surface area (Å²) in [4.78, 5) is 10.6. The zero-order valence-electron chi connectivity index (χ0n) is 29.2. The largest absolute Gasteiger partial charge is 0.458 e. The first-order chi connectivity index (χ1) is 25.4. The summed E-state index contributed by atoms with van der Waals surface area (Å²) in [6.45, 7) is 6.66. The minimum atomic E-state index is -0.102. The van der Waals surface area contributed by atoms with E-state index in [1.54, 1.807) is 0 Å². The van der Waals surface area contributed by atoms with Crippen molar-refractivity contribution in [3.05, 3.63) is 151 Å². The second kappa shape index (κ2) is 10.7. The van der Waals surface area contributed by atoms with Crippen molar-refractivity contribution < 1.29 is 9.47 Å². The molecule has 1 aromatic heterocycles. The predicted octanol–water partition coefficient (Wildman–Crippen LogP) is 7.19. The molecule has 0 bridgehead atoms. The van der Waals surface area contributed by atoms with Crippen LogP contribution in [0.5, 0.6) is 23.0 Å². The normalized spacial score (nSPS) is 14.2. The molecular formula is C45H33B2N3O2. The number of ether oxygens (including phenoxy) is 2. The number of fused-ring (bicyclic) bond motifs is 8. The van der Waals surface area contributed by atoms with Gasteiger partial charge in [0.1, 0.15) is 34.6 Å². The first-order valence-electron chi connectivity index (χ1n) is 18.0. The standard InChI is InChI=1S/C45H33B2N3O2/c1-45(2,3)28-25-36-42-40(26-28)52-38-23-13-11-20-32(38)47(42)34-27-33-43(48-44(34)50(36)30-17-8-5-9-18-30)49(29-15-6-4-7-16-29)35-21-14-24-39-41(35)46(33)31-19-10-12-22-37(31)51-39/h4-27H,1-3H3. The van der Waals surface area contributed by atoms with Gasteiger partial charge in [0.25, 0.3) is 13.4 Å². The zero-order valence-corrected chi connectivity index (χ0v) is 29.2. The molecule has 0 saturated heterocycles. The Labute approximate surface area is 304 Å². The molecule has 0 N–H and O–H groups in total. The second-order valence-electron chi connectivity index (χ2n) is 15.1. The van der Waals surface area contributed by atoms with Gasteiger partial charge in [-0.25, -0.2) is 4.98 Å². The number of pyridine rings is 1. The molecule has 6 aromatic carbocycles. The number of nitrogens with zero attached hydrogens (tertiary/aromatic N) is 3. The molecule has 0 aliphatic carbocycles. The molecule has 5 nitrogen and oxygen atoms in total. The first kappa shape index (κ1) is 29.5. The van der Waals surface area contributed by atoms with Crippen molar-refractivity contribution in [1.29, 1.82) is 0 Å². The van der Waals surface area contributed by atoms with Gasteiger partial charge in [-0.15, -0.1) is 0 Å². The van der Waals surface area contributed by atoms with E-state index < -0.39 is 0 Å². The average molecular weight is 669 g/mol. The van der Waals surface area contributed by atoms with Crippen LogP contribution in [0.15, 0.2) is 146 Å². The van der Waals surface area contributed by atoms with Crippen LogP contribution in [0.4, 0.5) is 34.4 Å². The Morgan fingerprint density at radius 1 is 0.462 bits per heavy atom. The van der Waals surface area contributed by atoms with Crippen molar-refractivity contribution in [2.45, 2.75) is 26.2 Å². The minimum Gasteiger partial charge on any atom is -0.458 e. The van der Waals surface area contributed by atoms with Crippen molar-refractivity contribution in [3.8, 4) is 23.0 Å². The molecule has 0 fully saturated rings. The number of hydrogen-bond acceptors (Lipinski definition) is 5. The molecule has 0 unspecified atom stereocenters. The molecule has 246 valence electrons. The van der Waals surface area contributed by atoms with E-state index in [1.165, 1.54) is 16.5 Å². The summed E-state index contributed by atoms with van der Waals surface area (Å²) in [5, 5.41) is 0. The van der Waals surface area contributed by atoms with Gasteiger partial charge in [0.15, 0.2) is 0 Å². The summed E-state index contributed by atoms with van der Waals surface area (Å²) < 4.78 is 13.5. The van der Waals surface area contributed by atoms with Crippen LogP contribution in [-0.2, 0) is 5.41 Å². The number of aromatic nitrogens is 1. The lowest BCUT2D eigenvalue weighted by molar-refractivity contribution is 0.483. The van der Waals surface area contributed by atoms with E-state index >= 15 is 0 Å². The minimum absolute atomic E-state index is 0.0618. The van der Waals surface area contributed by atoms with Gasteiger partial charge in [-0.3, -0.25) is 9.80 Å². The molecule has 11 rings (SSSR count). The third-order valence-corrected chi connectivity index (χ3v) is 11.1. The number of benzene rings is 6. The zero-order chi connectivity index (χ0) is 34.7. The molecular weight excluding hydrogens is 636 g/mol. The van der Waals surface area contributed by atoms with Gasteiger partial charge in [-0.2, -0.15) is 0 Å². The summed E-state index contributed by atoms with van der Waals surface area (Å²) in [5.74, 6) is 5.42. The van der Waals surface area contributed by atoms with E-state index in [1.807, 2.05) is 0 Å². The Morgan fingerprint density at radius 2 is 0.962 bits per heavy atom. The topological polar surface area (TPSA) is 37.8 Å². The summed E-state index contributed by atoms with van der Waals surface area (Å²) in [6, 6.07) is 51.7. The van der Waals surface area contributed by atoms with Crippen LogP contribution < -0.4 is 52.1 Å². The maximum Gasteiger partial charge on any atom is 0.258 e. The Morgan fingerprint density at radius 3 is 1.56 bits per heavy atom. The Balaban J connectivity index is 1.28. The maximum absolute atomic E-state index is 6.84. The molecule has 7 aromatic rings. The van der Waals surface area contributed by atoms with Gasteiger partial charge in [0.2, 0.25) is 0 Å². The summed E-state index contributed by atoms with van der Waals surface area (Å²) in [6.07, 6.45) is 0. The number of para-hydroxylation sites is 4. The number of rotatable bonds is 2. The number of anilines is 6. The van der Waals surface area contributed by atoms with Crippen LogP contribution in [-0.4, -0.2) is 18.4 Å². The molecule has 5 heterocycles. The molecule has 0 saturated carbocycles. The molecule has 0 radical (unpaired) electrons. The monoisotopic (exact) mass is 669 g/mol. The lowest BCUT2D eigenvalue weighted by atomic mass is 9.31. The van der Waals surface area contributed by atoms with Gasteiger partial charge >= 0.3 is 0 Å². The van der Waals surface area contributed by atoms with Gasteiger partial charge < -0.3 is 9.47 Å². The molecule has 0 spiro atoms. The van der Waals surface area contributed by atoms with Crippen molar-refractivity contribution in [3.63, 3.8) is 0 Å². The molecule has 4 aliphatic rings. The van der Waals surface area contributed by atoms with Crippen LogP contribution in [0.1, 0.15) is 26.3 Å². The molecule has 0 atom stereocenters. The quantitative estimate of drug-likeness (QED) is 0.182. The van der Waals surface area contributed by atoms with E-state index in [2.05, 4.69) is 176 Å². The Bertz CT molecular complexity index is 2600. The lowest BCUT2D eigenvalue weighted by Gasteiger charge is -2.43. The van der Waals surface area contributed by atoms with Crippen molar-refractivity contribution in [2.75, 3.05) is 9.80 Å². The van der Waals surface area contributed by atoms with E-state index in [4.69, 9.17) is 14.5 Å². The Kier molecular flexibility index (Phi) is 6.05. The Hall–Kier alpha value is -6.20. The first-order valence-corrected chi connectivity index (χ1v) is 18.0. The van der Waals surface area contributed by atoms with E-state index in [-0.39, 0.29) is 18.8 Å². The maximum atomic E-state index is 6.84. The lowest BCUT2D eigenvalue weighted by Crippen LogP contribution is -2.64. The molecule has 7 heteroatoms. The smallest absolute Gasteiger partial charge is 0.258 e. The van der Waals surface area contributed by atoms with E-state index in [0.29, 0.717) is 0 Å². The summed E-state index contributed by atoms with van der Waals surface area (Å²) in [5.41, 5.74) is 12.4. The fourth-order valence-corrected chi connectivity index (χ4v) is 8.74. The highest BCUT2D eigenvalue weighted by Crippen LogP contribution is 2.45.